The molecular formula is C17H16Cl2O3SSe. The van der Waals surface area contributed by atoms with E-state index in [0.717, 1.165) is 10.0 Å². The maximum absolute atomic E-state index is 12.4. The molecule has 0 aliphatic rings. The molecular weight excluding hydrogens is 434 g/mol. The summed E-state index contributed by atoms with van der Waals surface area (Å²) in [6.45, 7) is 1.88. The first kappa shape index (κ1) is 19.4. The normalized spacial score (nSPS) is 12.6. The Morgan fingerprint density at radius 1 is 1.00 bits per heavy atom. The van der Waals surface area contributed by atoms with Crippen molar-refractivity contribution in [2.75, 3.05) is 11.8 Å². The van der Waals surface area contributed by atoms with Crippen molar-refractivity contribution in [3.63, 3.8) is 0 Å². The van der Waals surface area contributed by atoms with Crippen LogP contribution in [-0.4, -0.2) is 35.1 Å². The van der Waals surface area contributed by atoms with E-state index in [2.05, 4.69) is 0 Å². The SMILES string of the molecule is Cc1ccc(S(=O)(=O)O/C(CCl)=C(\CCl)[Se]c2ccccc2)cc1. The molecule has 0 amide bonds. The molecule has 0 unspecified atom stereocenters. The van der Waals surface area contributed by atoms with Crippen LogP contribution in [0.4, 0.5) is 0 Å². The first-order valence-corrected chi connectivity index (χ1v) is 11.2. The van der Waals surface area contributed by atoms with Gasteiger partial charge in [0.2, 0.25) is 0 Å². The van der Waals surface area contributed by atoms with Crippen LogP contribution in [0.15, 0.2) is 69.7 Å². The van der Waals surface area contributed by atoms with E-state index in [1.54, 1.807) is 12.1 Å². The van der Waals surface area contributed by atoms with Crippen LogP contribution < -0.4 is 4.46 Å². The Hall–Kier alpha value is -0.971. The standard InChI is InChI=1S/C17H16Cl2O3SSe/c1-13-7-9-14(10-8-13)23(20,21)22-16(11-18)17(12-19)24-15-5-3-2-4-6-15/h2-10H,11-12H2,1H3/b17-16+. The molecule has 0 aromatic heterocycles. The van der Waals surface area contributed by atoms with Crippen LogP contribution >= 0.6 is 23.2 Å². The summed E-state index contributed by atoms with van der Waals surface area (Å²) in [5.41, 5.74) is 0.968. The van der Waals surface area contributed by atoms with Crippen LogP contribution in [0.1, 0.15) is 5.56 Å². The third kappa shape index (κ3) is 5.27. The van der Waals surface area contributed by atoms with Gasteiger partial charge in [-0.15, -0.1) is 0 Å². The second-order valence-electron chi connectivity index (χ2n) is 4.88. The summed E-state index contributed by atoms with van der Waals surface area (Å²) < 4.78 is 31.9. The average Bonchev–Trinajstić information content (AvgIpc) is 2.59. The molecule has 0 radical (unpaired) electrons. The van der Waals surface area contributed by atoms with Gasteiger partial charge in [0, 0.05) is 0 Å². The van der Waals surface area contributed by atoms with E-state index in [1.807, 2.05) is 37.3 Å². The second kappa shape index (κ2) is 8.93. The number of aryl methyl sites for hydroxylation is 1. The summed E-state index contributed by atoms with van der Waals surface area (Å²) >= 11 is 11.8. The molecule has 24 heavy (non-hydrogen) atoms. The van der Waals surface area contributed by atoms with E-state index in [9.17, 15) is 8.42 Å². The van der Waals surface area contributed by atoms with Gasteiger partial charge in [-0.2, -0.15) is 0 Å². The van der Waals surface area contributed by atoms with E-state index in [0.29, 0.717) is 4.47 Å². The first-order chi connectivity index (χ1) is 11.5. The van der Waals surface area contributed by atoms with Gasteiger partial charge in [0.1, 0.15) is 0 Å². The number of hydrogen-bond donors (Lipinski definition) is 0. The number of alkyl halides is 2. The molecule has 3 nitrogen and oxygen atoms in total. The molecule has 0 spiro atoms. The Morgan fingerprint density at radius 2 is 1.62 bits per heavy atom. The molecule has 0 atom stereocenters. The molecule has 0 bridgehead atoms. The molecule has 2 aromatic rings. The van der Waals surface area contributed by atoms with Gasteiger partial charge in [0.15, 0.2) is 0 Å². The summed E-state index contributed by atoms with van der Waals surface area (Å²) in [5.74, 6) is 0.318. The van der Waals surface area contributed by atoms with Gasteiger partial charge in [-0.3, -0.25) is 0 Å². The summed E-state index contributed by atoms with van der Waals surface area (Å²) in [6, 6.07) is 16.2. The van der Waals surface area contributed by atoms with Gasteiger partial charge in [0.25, 0.3) is 0 Å². The van der Waals surface area contributed by atoms with Crippen LogP contribution in [0.3, 0.4) is 0 Å². The molecule has 0 saturated carbocycles. The summed E-state index contributed by atoms with van der Waals surface area (Å²) in [6.07, 6.45) is 0. The molecule has 0 heterocycles. The van der Waals surface area contributed by atoms with E-state index in [-0.39, 0.29) is 37.4 Å². The Kier molecular flexibility index (Phi) is 7.20. The third-order valence-electron chi connectivity index (χ3n) is 3.06. The topological polar surface area (TPSA) is 43.4 Å². The molecule has 7 heteroatoms. The summed E-state index contributed by atoms with van der Waals surface area (Å²) in [4.78, 5) is 0.0943. The average molecular weight is 450 g/mol. The molecule has 0 aliphatic carbocycles. The van der Waals surface area contributed by atoms with Crippen LogP contribution in [0.5, 0.6) is 0 Å². The number of halogens is 2. The van der Waals surface area contributed by atoms with Crippen LogP contribution in [0.25, 0.3) is 0 Å². The number of hydrogen-bond acceptors (Lipinski definition) is 3. The van der Waals surface area contributed by atoms with Crippen molar-refractivity contribution in [3.8, 4) is 0 Å². The van der Waals surface area contributed by atoms with Crippen LogP contribution in [0.2, 0.25) is 0 Å². The molecule has 2 aromatic carbocycles. The molecule has 0 aliphatic heterocycles. The quantitative estimate of drug-likeness (QED) is 0.281. The zero-order chi connectivity index (χ0) is 17.6. The predicted octanol–water partition coefficient (Wildman–Crippen LogP) is 3.42. The van der Waals surface area contributed by atoms with Crippen molar-refractivity contribution in [2.45, 2.75) is 11.8 Å². The van der Waals surface area contributed by atoms with Crippen molar-refractivity contribution < 1.29 is 12.6 Å². The maximum atomic E-state index is 12.4. The number of allylic oxidation sites excluding steroid dienone is 2. The Labute approximate surface area is 158 Å². The molecule has 128 valence electrons. The van der Waals surface area contributed by atoms with Gasteiger partial charge in [-0.1, -0.05) is 0 Å². The molecule has 0 N–H and O–H groups in total. The van der Waals surface area contributed by atoms with Crippen molar-refractivity contribution in [1.82, 2.24) is 0 Å². The monoisotopic (exact) mass is 450 g/mol. The molecule has 0 fully saturated rings. The van der Waals surface area contributed by atoms with Crippen molar-refractivity contribution in [3.05, 3.63) is 70.4 Å². The molecule has 0 saturated heterocycles. The van der Waals surface area contributed by atoms with E-state index in [1.165, 1.54) is 12.1 Å². The zero-order valence-electron chi connectivity index (χ0n) is 12.9. The zero-order valence-corrected chi connectivity index (χ0v) is 16.9. The minimum atomic E-state index is -3.93. The van der Waals surface area contributed by atoms with Gasteiger partial charge in [-0.05, 0) is 0 Å². The van der Waals surface area contributed by atoms with Gasteiger partial charge in [0.05, 0.1) is 0 Å². The Bertz CT molecular complexity index is 803. The van der Waals surface area contributed by atoms with Crippen LogP contribution in [0, 0.1) is 6.92 Å². The Morgan fingerprint density at radius 3 is 2.17 bits per heavy atom. The number of rotatable bonds is 7. The van der Waals surface area contributed by atoms with Crippen molar-refractivity contribution in [2.24, 2.45) is 0 Å². The summed E-state index contributed by atoms with van der Waals surface area (Å²) in [7, 11) is -3.93. The first-order valence-electron chi connectivity index (χ1n) is 7.04. The third-order valence-corrected chi connectivity index (χ3v) is 7.56. The molecule has 2 rings (SSSR count). The van der Waals surface area contributed by atoms with Crippen molar-refractivity contribution >= 4 is 52.7 Å². The van der Waals surface area contributed by atoms with E-state index < -0.39 is 10.1 Å². The minimum absolute atomic E-state index is 0.0538. The van der Waals surface area contributed by atoms with Gasteiger partial charge in [-0.25, -0.2) is 0 Å². The van der Waals surface area contributed by atoms with Gasteiger partial charge >= 0.3 is 159 Å². The van der Waals surface area contributed by atoms with Crippen LogP contribution in [-0.2, 0) is 14.3 Å². The second-order valence-corrected chi connectivity index (χ2v) is 9.41. The Balaban J connectivity index is 2.29. The van der Waals surface area contributed by atoms with E-state index >= 15 is 0 Å². The van der Waals surface area contributed by atoms with Gasteiger partial charge < -0.3 is 0 Å². The van der Waals surface area contributed by atoms with Crippen molar-refractivity contribution in [1.29, 1.82) is 0 Å². The fourth-order valence-electron chi connectivity index (χ4n) is 1.82. The fraction of sp³-hybridized carbons (Fsp3) is 0.176. The number of benzene rings is 2. The summed E-state index contributed by atoms with van der Waals surface area (Å²) in [5, 5.41) is 0. The predicted molar refractivity (Wildman–Crippen MR) is 99.7 cm³/mol. The fourth-order valence-corrected chi connectivity index (χ4v) is 5.62. The van der Waals surface area contributed by atoms with E-state index in [4.69, 9.17) is 27.4 Å².